The summed E-state index contributed by atoms with van der Waals surface area (Å²) in [6.45, 7) is 0. The first-order chi connectivity index (χ1) is 7.11. The van der Waals surface area contributed by atoms with E-state index in [9.17, 15) is 14.7 Å². The van der Waals surface area contributed by atoms with Gasteiger partial charge in [0.1, 0.15) is 4.47 Å². The van der Waals surface area contributed by atoms with E-state index in [4.69, 9.17) is 0 Å². The van der Waals surface area contributed by atoms with E-state index in [0.29, 0.717) is 10.9 Å². The number of hydrogen-bond donors (Lipinski definition) is 2. The van der Waals surface area contributed by atoms with Gasteiger partial charge in [0.05, 0.1) is 5.52 Å². The second-order valence-corrected chi connectivity index (χ2v) is 3.78. The fraction of sp³-hybridized carbons (Fsp3) is 0. The van der Waals surface area contributed by atoms with Gasteiger partial charge in [0.25, 0.3) is 5.56 Å². The molecule has 5 heteroatoms. The summed E-state index contributed by atoms with van der Waals surface area (Å²) in [7, 11) is 0. The largest absolute Gasteiger partial charge is 0.502 e. The number of hydrogen-bond acceptors (Lipinski definition) is 3. The molecule has 0 aliphatic carbocycles. The molecule has 15 heavy (non-hydrogen) atoms. The van der Waals surface area contributed by atoms with Gasteiger partial charge in [-0.15, -0.1) is 0 Å². The summed E-state index contributed by atoms with van der Waals surface area (Å²) < 4.78 is -0.120. The maximum Gasteiger partial charge on any atom is 0.291 e. The summed E-state index contributed by atoms with van der Waals surface area (Å²) in [5, 5.41) is 9.72. The number of fused-ring (bicyclic) bond motifs is 1. The van der Waals surface area contributed by atoms with Crippen molar-refractivity contribution in [2.75, 3.05) is 0 Å². The molecule has 4 nitrogen and oxygen atoms in total. The number of H-pyrrole nitrogens is 1. The molecule has 0 aliphatic heterocycles. The summed E-state index contributed by atoms with van der Waals surface area (Å²) in [6, 6.07) is 6.57. The average Bonchev–Trinajstić information content (AvgIpc) is 2.32. The van der Waals surface area contributed by atoms with Crippen LogP contribution in [-0.2, 0) is 0 Å². The van der Waals surface area contributed by atoms with E-state index >= 15 is 0 Å². The summed E-state index contributed by atoms with van der Waals surface area (Å²) in [4.78, 5) is 25.5. The summed E-state index contributed by atoms with van der Waals surface area (Å²) in [6.07, 6.45) is 0. The lowest BCUT2D eigenvalue weighted by Gasteiger charge is -1.88. The van der Waals surface area contributed by atoms with Crippen LogP contribution in [0, 0.1) is 0 Å². The lowest BCUT2D eigenvalue weighted by molar-refractivity contribution is 0.464. The van der Waals surface area contributed by atoms with E-state index in [2.05, 4.69) is 20.9 Å². The molecular weight excluding hydrogens is 262 g/mol. The molecule has 76 valence electrons. The average molecular weight is 268 g/mol. The van der Waals surface area contributed by atoms with Gasteiger partial charge in [0, 0.05) is 5.39 Å². The maximum atomic E-state index is 11.7. The topological polar surface area (TPSA) is 70.2 Å². The van der Waals surface area contributed by atoms with Gasteiger partial charge in [-0.2, -0.15) is 0 Å². The SMILES string of the molecule is O=c1[nH]c2ccccc2c(=O)c(Br)c1O. The molecule has 1 heterocycles. The Balaban J connectivity index is 3.20. The zero-order valence-corrected chi connectivity index (χ0v) is 9.04. The Morgan fingerprint density at radius 1 is 1.20 bits per heavy atom. The number of benzene rings is 1. The van der Waals surface area contributed by atoms with Crippen molar-refractivity contribution in [3.05, 3.63) is 49.3 Å². The first-order valence-corrected chi connectivity index (χ1v) is 4.94. The van der Waals surface area contributed by atoms with Crippen LogP contribution in [0.3, 0.4) is 0 Å². The van der Waals surface area contributed by atoms with Crippen molar-refractivity contribution in [3.8, 4) is 5.75 Å². The number of halogens is 1. The van der Waals surface area contributed by atoms with Crippen LogP contribution in [0.2, 0.25) is 0 Å². The standard InChI is InChI=1S/C10H6BrNO3/c11-7-8(13)5-3-1-2-4-6(5)12-10(15)9(7)14/h1-4,14H,(H,12,15). The molecule has 0 aliphatic rings. The Hall–Kier alpha value is -1.62. The Bertz CT molecular complexity index is 648. The fourth-order valence-corrected chi connectivity index (χ4v) is 1.69. The molecule has 0 saturated carbocycles. The molecule has 2 N–H and O–H groups in total. The van der Waals surface area contributed by atoms with Gasteiger partial charge in [-0.25, -0.2) is 0 Å². The van der Waals surface area contributed by atoms with Gasteiger partial charge < -0.3 is 10.1 Å². The van der Waals surface area contributed by atoms with Crippen molar-refractivity contribution < 1.29 is 5.11 Å². The van der Waals surface area contributed by atoms with Gasteiger partial charge >= 0.3 is 0 Å². The highest BCUT2D eigenvalue weighted by atomic mass is 79.9. The predicted molar refractivity (Wildman–Crippen MR) is 60.2 cm³/mol. The molecule has 1 aromatic carbocycles. The van der Waals surface area contributed by atoms with Crippen LogP contribution in [0.15, 0.2) is 38.3 Å². The second-order valence-electron chi connectivity index (χ2n) is 2.99. The van der Waals surface area contributed by atoms with E-state index in [1.54, 1.807) is 24.3 Å². The minimum atomic E-state index is -0.694. The molecule has 2 rings (SSSR count). The van der Waals surface area contributed by atoms with Gasteiger partial charge in [-0.3, -0.25) is 9.59 Å². The number of rotatable bonds is 0. The molecule has 0 amide bonds. The zero-order valence-electron chi connectivity index (χ0n) is 7.45. The van der Waals surface area contributed by atoms with Crippen LogP contribution in [-0.4, -0.2) is 10.1 Å². The van der Waals surface area contributed by atoms with E-state index in [-0.39, 0.29) is 4.47 Å². The highest BCUT2D eigenvalue weighted by Gasteiger charge is 2.08. The highest BCUT2D eigenvalue weighted by molar-refractivity contribution is 9.10. The van der Waals surface area contributed by atoms with Crippen molar-refractivity contribution in [1.82, 2.24) is 4.98 Å². The Kier molecular flexibility index (Phi) is 2.32. The minimum Gasteiger partial charge on any atom is -0.502 e. The quantitative estimate of drug-likeness (QED) is 0.757. The molecular formula is C10H6BrNO3. The Labute approximate surface area is 92.3 Å². The van der Waals surface area contributed by atoms with Crippen molar-refractivity contribution in [2.24, 2.45) is 0 Å². The third-order valence-corrected chi connectivity index (χ3v) is 2.78. The van der Waals surface area contributed by atoms with Crippen molar-refractivity contribution >= 4 is 26.8 Å². The lowest BCUT2D eigenvalue weighted by Crippen LogP contribution is -2.02. The molecule has 2 aromatic rings. The number of aromatic nitrogens is 1. The number of para-hydroxylation sites is 1. The number of aromatic hydroxyl groups is 1. The van der Waals surface area contributed by atoms with Crippen LogP contribution >= 0.6 is 15.9 Å². The molecule has 1 aromatic heterocycles. The lowest BCUT2D eigenvalue weighted by atomic mass is 10.2. The smallest absolute Gasteiger partial charge is 0.291 e. The van der Waals surface area contributed by atoms with E-state index in [1.807, 2.05) is 0 Å². The predicted octanol–water partition coefficient (Wildman–Crippen LogP) is 1.36. The van der Waals surface area contributed by atoms with Crippen LogP contribution in [0.1, 0.15) is 0 Å². The van der Waals surface area contributed by atoms with Crippen LogP contribution < -0.4 is 11.0 Å². The summed E-state index contributed by atoms with van der Waals surface area (Å²) in [5.74, 6) is -0.601. The van der Waals surface area contributed by atoms with Crippen LogP contribution in [0.5, 0.6) is 5.75 Å². The van der Waals surface area contributed by atoms with Gasteiger partial charge in [0.15, 0.2) is 5.75 Å². The molecule has 0 saturated heterocycles. The monoisotopic (exact) mass is 267 g/mol. The Morgan fingerprint density at radius 3 is 2.60 bits per heavy atom. The first kappa shape index (κ1) is 9.92. The van der Waals surface area contributed by atoms with Gasteiger partial charge in [-0.1, -0.05) is 12.1 Å². The molecule has 0 unspecified atom stereocenters. The molecule has 0 atom stereocenters. The molecule has 0 fully saturated rings. The fourth-order valence-electron chi connectivity index (χ4n) is 1.30. The molecule has 0 bridgehead atoms. The van der Waals surface area contributed by atoms with Crippen molar-refractivity contribution in [1.29, 1.82) is 0 Å². The minimum absolute atomic E-state index is 0.120. The zero-order chi connectivity index (χ0) is 11.0. The van der Waals surface area contributed by atoms with E-state index in [1.165, 1.54) is 0 Å². The van der Waals surface area contributed by atoms with Crippen LogP contribution in [0.4, 0.5) is 0 Å². The first-order valence-electron chi connectivity index (χ1n) is 4.15. The Morgan fingerprint density at radius 2 is 1.87 bits per heavy atom. The molecule has 0 radical (unpaired) electrons. The normalized spacial score (nSPS) is 10.5. The number of nitrogens with one attached hydrogen (secondary N) is 1. The molecule has 0 spiro atoms. The van der Waals surface area contributed by atoms with Gasteiger partial charge in [0.2, 0.25) is 5.43 Å². The highest BCUT2D eigenvalue weighted by Crippen LogP contribution is 2.15. The van der Waals surface area contributed by atoms with E-state index in [0.717, 1.165) is 0 Å². The van der Waals surface area contributed by atoms with Crippen molar-refractivity contribution in [2.45, 2.75) is 0 Å². The van der Waals surface area contributed by atoms with Crippen molar-refractivity contribution in [3.63, 3.8) is 0 Å². The maximum absolute atomic E-state index is 11.7. The van der Waals surface area contributed by atoms with E-state index < -0.39 is 16.7 Å². The summed E-state index contributed by atoms with van der Waals surface area (Å²) >= 11 is 2.90. The number of aromatic amines is 1. The summed E-state index contributed by atoms with van der Waals surface area (Å²) in [5.41, 5.74) is -0.713. The van der Waals surface area contributed by atoms with Gasteiger partial charge in [-0.05, 0) is 28.1 Å². The third kappa shape index (κ3) is 1.55. The second kappa shape index (κ2) is 3.51. The van der Waals surface area contributed by atoms with Crippen LogP contribution in [0.25, 0.3) is 10.9 Å². The third-order valence-electron chi connectivity index (χ3n) is 2.04.